The van der Waals surface area contributed by atoms with Crippen molar-refractivity contribution in [2.45, 2.75) is 13.5 Å². The van der Waals surface area contributed by atoms with Gasteiger partial charge in [-0.1, -0.05) is 0 Å². The lowest BCUT2D eigenvalue weighted by Crippen LogP contribution is -2.29. The first-order chi connectivity index (χ1) is 14.4. The number of methoxy groups -OCH3 is 1. The third-order valence-electron chi connectivity index (χ3n) is 4.57. The summed E-state index contributed by atoms with van der Waals surface area (Å²) in [6.07, 6.45) is 0. The van der Waals surface area contributed by atoms with E-state index in [2.05, 4.69) is 29.0 Å². The van der Waals surface area contributed by atoms with Gasteiger partial charge in [0.05, 0.1) is 13.7 Å². The van der Waals surface area contributed by atoms with Crippen molar-refractivity contribution in [3.8, 4) is 5.75 Å². The van der Waals surface area contributed by atoms with E-state index < -0.39 is 0 Å². The largest absolute Gasteiger partial charge is 0.497 e. The molecule has 0 saturated carbocycles. The van der Waals surface area contributed by atoms with Crippen LogP contribution in [0.25, 0.3) is 0 Å². The Morgan fingerprint density at radius 3 is 2.20 bits per heavy atom. The minimum atomic E-state index is -0.218. The number of nitrogens with one attached hydrogen (secondary N) is 2. The number of nitrogens with zero attached hydrogens (tertiary/aromatic N) is 1. The van der Waals surface area contributed by atoms with Crippen LogP contribution in [-0.4, -0.2) is 37.4 Å². The summed E-state index contributed by atoms with van der Waals surface area (Å²) in [5, 5.41) is 7.77. The molecule has 7 heteroatoms. The smallest absolute Gasteiger partial charge is 0.255 e. The number of amides is 2. The van der Waals surface area contributed by atoms with Gasteiger partial charge in [-0.2, -0.15) is 0 Å². The minimum Gasteiger partial charge on any atom is -0.497 e. The SMILES string of the molecule is COc1ccc(NC(=O)c2ccc(NC(=O)CN(C)Cc3sccc3C)cc2)cc1. The second-order valence-electron chi connectivity index (χ2n) is 7.01. The summed E-state index contributed by atoms with van der Waals surface area (Å²) in [6.45, 7) is 3.10. The molecule has 3 aromatic rings. The summed E-state index contributed by atoms with van der Waals surface area (Å²) in [5.74, 6) is 0.412. The van der Waals surface area contributed by atoms with E-state index in [0.29, 0.717) is 16.9 Å². The number of hydrogen-bond acceptors (Lipinski definition) is 5. The first kappa shape index (κ1) is 21.5. The molecular formula is C23H25N3O3S. The number of hydrogen-bond donors (Lipinski definition) is 2. The number of thiophene rings is 1. The van der Waals surface area contributed by atoms with Gasteiger partial charge in [0, 0.05) is 28.4 Å². The topological polar surface area (TPSA) is 70.7 Å². The van der Waals surface area contributed by atoms with Crippen molar-refractivity contribution in [1.82, 2.24) is 4.90 Å². The number of anilines is 2. The van der Waals surface area contributed by atoms with Crippen LogP contribution < -0.4 is 15.4 Å². The van der Waals surface area contributed by atoms with Crippen molar-refractivity contribution in [3.63, 3.8) is 0 Å². The molecule has 156 valence electrons. The molecule has 2 N–H and O–H groups in total. The summed E-state index contributed by atoms with van der Waals surface area (Å²) in [5.41, 5.74) is 3.09. The van der Waals surface area contributed by atoms with Crippen LogP contribution >= 0.6 is 11.3 Å². The van der Waals surface area contributed by atoms with Gasteiger partial charge in [-0.3, -0.25) is 14.5 Å². The van der Waals surface area contributed by atoms with Crippen molar-refractivity contribution in [2.75, 3.05) is 31.3 Å². The van der Waals surface area contributed by atoms with Crippen LogP contribution in [0.3, 0.4) is 0 Å². The fraction of sp³-hybridized carbons (Fsp3) is 0.217. The molecule has 0 saturated heterocycles. The van der Waals surface area contributed by atoms with E-state index in [4.69, 9.17) is 4.74 Å². The maximum absolute atomic E-state index is 12.4. The summed E-state index contributed by atoms with van der Waals surface area (Å²) in [7, 11) is 3.52. The van der Waals surface area contributed by atoms with E-state index in [1.165, 1.54) is 10.4 Å². The van der Waals surface area contributed by atoms with Gasteiger partial charge in [-0.15, -0.1) is 11.3 Å². The van der Waals surface area contributed by atoms with E-state index in [-0.39, 0.29) is 18.4 Å². The summed E-state index contributed by atoms with van der Waals surface area (Å²) in [4.78, 5) is 27.9. The van der Waals surface area contributed by atoms with Gasteiger partial charge in [-0.25, -0.2) is 0 Å². The normalized spacial score (nSPS) is 10.7. The van der Waals surface area contributed by atoms with E-state index in [1.54, 1.807) is 67.0 Å². The van der Waals surface area contributed by atoms with E-state index in [0.717, 1.165) is 12.3 Å². The predicted molar refractivity (Wildman–Crippen MR) is 121 cm³/mol. The summed E-state index contributed by atoms with van der Waals surface area (Å²) < 4.78 is 5.11. The lowest BCUT2D eigenvalue weighted by atomic mass is 10.2. The Morgan fingerprint density at radius 2 is 1.60 bits per heavy atom. The van der Waals surface area contributed by atoms with Gasteiger partial charge in [0.1, 0.15) is 5.75 Å². The fourth-order valence-electron chi connectivity index (χ4n) is 2.90. The molecule has 1 aromatic heterocycles. The number of ether oxygens (including phenoxy) is 1. The van der Waals surface area contributed by atoms with Gasteiger partial charge in [0.25, 0.3) is 5.91 Å². The molecule has 0 unspecified atom stereocenters. The molecule has 0 fully saturated rings. The van der Waals surface area contributed by atoms with Gasteiger partial charge < -0.3 is 15.4 Å². The Hall–Kier alpha value is -3.16. The molecule has 30 heavy (non-hydrogen) atoms. The predicted octanol–water partition coefficient (Wildman–Crippen LogP) is 4.39. The van der Waals surface area contributed by atoms with Crippen LogP contribution in [0.2, 0.25) is 0 Å². The summed E-state index contributed by atoms with van der Waals surface area (Å²) in [6, 6.07) is 16.0. The second-order valence-corrected chi connectivity index (χ2v) is 8.01. The zero-order valence-electron chi connectivity index (χ0n) is 17.3. The standard InChI is InChI=1S/C23H25N3O3S/c1-16-12-13-30-21(16)14-26(2)15-22(27)24-18-6-4-17(5-7-18)23(28)25-19-8-10-20(29-3)11-9-19/h4-13H,14-15H2,1-3H3,(H,24,27)(H,25,28). The molecule has 0 aliphatic carbocycles. The van der Waals surface area contributed by atoms with Crippen molar-refractivity contribution < 1.29 is 14.3 Å². The maximum atomic E-state index is 12.4. The lowest BCUT2D eigenvalue weighted by Gasteiger charge is -2.16. The van der Waals surface area contributed by atoms with Crippen molar-refractivity contribution in [2.24, 2.45) is 0 Å². The number of rotatable bonds is 8. The Morgan fingerprint density at radius 1 is 0.967 bits per heavy atom. The first-order valence-corrected chi connectivity index (χ1v) is 10.4. The highest BCUT2D eigenvalue weighted by Crippen LogP contribution is 2.18. The quantitative estimate of drug-likeness (QED) is 0.564. The maximum Gasteiger partial charge on any atom is 0.255 e. The summed E-state index contributed by atoms with van der Waals surface area (Å²) >= 11 is 1.70. The zero-order chi connectivity index (χ0) is 21.5. The highest BCUT2D eigenvalue weighted by molar-refractivity contribution is 7.10. The number of likely N-dealkylation sites (N-methyl/N-ethyl adjacent to an activating group) is 1. The molecule has 0 aliphatic rings. The molecular weight excluding hydrogens is 398 g/mol. The third-order valence-corrected chi connectivity index (χ3v) is 5.58. The van der Waals surface area contributed by atoms with Crippen LogP contribution in [0.15, 0.2) is 60.0 Å². The molecule has 0 bridgehead atoms. The fourth-order valence-corrected chi connectivity index (χ4v) is 3.88. The van der Waals surface area contributed by atoms with Crippen LogP contribution in [0.5, 0.6) is 5.75 Å². The van der Waals surface area contributed by atoms with E-state index in [9.17, 15) is 9.59 Å². The number of benzene rings is 2. The van der Waals surface area contributed by atoms with Crippen LogP contribution in [0, 0.1) is 6.92 Å². The highest BCUT2D eigenvalue weighted by atomic mass is 32.1. The Labute approximate surface area is 180 Å². The van der Waals surface area contributed by atoms with Gasteiger partial charge in [-0.05, 0) is 79.5 Å². The van der Waals surface area contributed by atoms with Gasteiger partial charge in [0.2, 0.25) is 5.91 Å². The van der Waals surface area contributed by atoms with Gasteiger partial charge >= 0.3 is 0 Å². The molecule has 2 amide bonds. The molecule has 2 aromatic carbocycles. The first-order valence-electron chi connectivity index (χ1n) is 9.51. The second kappa shape index (κ2) is 10.0. The zero-order valence-corrected chi connectivity index (χ0v) is 18.1. The number of aryl methyl sites for hydroxylation is 1. The molecule has 1 heterocycles. The van der Waals surface area contributed by atoms with Crippen molar-refractivity contribution in [1.29, 1.82) is 0 Å². The lowest BCUT2D eigenvalue weighted by molar-refractivity contribution is -0.117. The molecule has 0 spiro atoms. The molecule has 3 rings (SSSR count). The van der Waals surface area contributed by atoms with E-state index >= 15 is 0 Å². The number of carbonyl (C=O) groups excluding carboxylic acids is 2. The molecule has 0 atom stereocenters. The third kappa shape index (κ3) is 5.92. The van der Waals surface area contributed by atoms with Crippen molar-refractivity contribution in [3.05, 3.63) is 76.0 Å². The van der Waals surface area contributed by atoms with Crippen LogP contribution in [0.1, 0.15) is 20.8 Å². The average molecular weight is 424 g/mol. The Kier molecular flexibility index (Phi) is 7.21. The van der Waals surface area contributed by atoms with Crippen LogP contribution in [0.4, 0.5) is 11.4 Å². The number of carbonyl (C=O) groups is 2. The molecule has 0 radical (unpaired) electrons. The average Bonchev–Trinajstić information content (AvgIpc) is 3.13. The highest BCUT2D eigenvalue weighted by Gasteiger charge is 2.11. The Bertz CT molecular complexity index is 997. The van der Waals surface area contributed by atoms with Crippen molar-refractivity contribution >= 4 is 34.5 Å². The van der Waals surface area contributed by atoms with Gasteiger partial charge in [0.15, 0.2) is 0 Å². The van der Waals surface area contributed by atoms with Crippen LogP contribution in [-0.2, 0) is 11.3 Å². The van der Waals surface area contributed by atoms with E-state index in [1.807, 2.05) is 11.9 Å². The monoisotopic (exact) mass is 423 g/mol. The molecule has 6 nitrogen and oxygen atoms in total. The minimum absolute atomic E-state index is 0.0952. The Balaban J connectivity index is 1.51. The molecule has 0 aliphatic heterocycles.